The summed E-state index contributed by atoms with van der Waals surface area (Å²) in [6.45, 7) is 1.71. The molecule has 0 aliphatic heterocycles. The van der Waals surface area contributed by atoms with Gasteiger partial charge in [-0.1, -0.05) is 5.92 Å². The van der Waals surface area contributed by atoms with Gasteiger partial charge in [-0.3, -0.25) is 0 Å². The third-order valence-electron chi connectivity index (χ3n) is 1.46. The molecule has 0 aliphatic rings. The Bertz CT molecular complexity index is 366. The summed E-state index contributed by atoms with van der Waals surface area (Å²) in [7, 11) is 0. The zero-order valence-corrected chi connectivity index (χ0v) is 6.44. The van der Waals surface area contributed by atoms with Gasteiger partial charge >= 0.3 is 5.82 Å². The quantitative estimate of drug-likeness (QED) is 0.355. The molecule has 0 N–H and O–H groups in total. The van der Waals surface area contributed by atoms with Crippen molar-refractivity contribution in [3.63, 3.8) is 0 Å². The molecule has 0 saturated carbocycles. The van der Waals surface area contributed by atoms with E-state index >= 15 is 0 Å². The summed E-state index contributed by atoms with van der Waals surface area (Å²) in [6.07, 6.45) is 6.46. The summed E-state index contributed by atoms with van der Waals surface area (Å²) in [5.74, 6) is 1.99. The molecule has 12 heavy (non-hydrogen) atoms. The van der Waals surface area contributed by atoms with Crippen LogP contribution in [0, 0.1) is 29.4 Å². The van der Waals surface area contributed by atoms with Crippen LogP contribution in [0.25, 0.3) is 0 Å². The maximum atomic E-state index is 10.4. The number of nitrogens with zero attached hydrogens (tertiary/aromatic N) is 2. The first-order valence-corrected chi connectivity index (χ1v) is 3.23. The molecular formula is C8H6N2O2. The van der Waals surface area contributed by atoms with Crippen LogP contribution in [0.2, 0.25) is 0 Å². The number of pyridine rings is 1. The number of hydrogen-bond donors (Lipinski definition) is 0. The molecular weight excluding hydrogens is 156 g/mol. The monoisotopic (exact) mass is 162 g/mol. The minimum absolute atomic E-state index is 0.252. The van der Waals surface area contributed by atoms with Crippen molar-refractivity contribution in [2.24, 2.45) is 0 Å². The molecule has 4 nitrogen and oxygen atoms in total. The van der Waals surface area contributed by atoms with Crippen LogP contribution in [0.4, 0.5) is 5.82 Å². The van der Waals surface area contributed by atoms with Gasteiger partial charge in [0.1, 0.15) is 11.8 Å². The molecule has 0 amide bonds. The minimum atomic E-state index is -0.581. The Morgan fingerprint density at radius 1 is 1.75 bits per heavy atom. The summed E-state index contributed by atoms with van der Waals surface area (Å²) in [5.41, 5.74) is 0.946. The maximum Gasteiger partial charge on any atom is 0.379 e. The second kappa shape index (κ2) is 3.01. The fraction of sp³-hybridized carbons (Fsp3) is 0.125. The Hall–Kier alpha value is -1.89. The van der Waals surface area contributed by atoms with Gasteiger partial charge in [0.15, 0.2) is 0 Å². The number of hydrogen-bond acceptors (Lipinski definition) is 3. The molecule has 0 aliphatic carbocycles. The second-order valence-corrected chi connectivity index (χ2v) is 2.23. The number of rotatable bonds is 1. The van der Waals surface area contributed by atoms with Gasteiger partial charge in [0.25, 0.3) is 0 Å². The van der Waals surface area contributed by atoms with Crippen molar-refractivity contribution in [2.75, 3.05) is 0 Å². The second-order valence-electron chi connectivity index (χ2n) is 2.23. The largest absolute Gasteiger partial charge is 0.379 e. The first-order chi connectivity index (χ1) is 5.66. The number of terminal acetylenes is 1. The predicted octanol–water partition coefficient (Wildman–Crippen LogP) is 1.28. The summed E-state index contributed by atoms with van der Waals surface area (Å²) >= 11 is 0. The van der Waals surface area contributed by atoms with Crippen molar-refractivity contribution in [1.82, 2.24) is 4.98 Å². The van der Waals surface area contributed by atoms with Gasteiger partial charge in [-0.15, -0.1) is 6.42 Å². The van der Waals surface area contributed by atoms with E-state index in [-0.39, 0.29) is 11.4 Å². The van der Waals surface area contributed by atoms with E-state index in [9.17, 15) is 10.1 Å². The van der Waals surface area contributed by atoms with E-state index in [0.717, 1.165) is 0 Å². The summed E-state index contributed by atoms with van der Waals surface area (Å²) in [6, 6.07) is 1.64. The van der Waals surface area contributed by atoms with E-state index in [0.29, 0.717) is 5.56 Å². The Balaban J connectivity index is 3.40. The van der Waals surface area contributed by atoms with Crippen LogP contribution < -0.4 is 0 Å². The van der Waals surface area contributed by atoms with E-state index in [2.05, 4.69) is 10.9 Å². The van der Waals surface area contributed by atoms with Crippen molar-refractivity contribution >= 4 is 5.82 Å². The van der Waals surface area contributed by atoms with E-state index in [1.165, 1.54) is 6.20 Å². The zero-order valence-electron chi connectivity index (χ0n) is 6.44. The SMILES string of the molecule is C#Cc1c(C)ccnc1[N+](=O)[O-]. The average molecular weight is 162 g/mol. The number of aryl methyl sites for hydroxylation is 1. The predicted molar refractivity (Wildman–Crippen MR) is 43.6 cm³/mol. The number of aromatic nitrogens is 1. The molecule has 0 bridgehead atoms. The molecule has 1 aromatic heterocycles. The zero-order chi connectivity index (χ0) is 9.14. The van der Waals surface area contributed by atoms with E-state index in [1.807, 2.05) is 0 Å². The van der Waals surface area contributed by atoms with Crippen LogP contribution in [0.15, 0.2) is 12.3 Å². The lowest BCUT2D eigenvalue weighted by atomic mass is 10.1. The number of nitro groups is 1. The van der Waals surface area contributed by atoms with Crippen molar-refractivity contribution in [2.45, 2.75) is 6.92 Å². The van der Waals surface area contributed by atoms with Crippen molar-refractivity contribution in [3.8, 4) is 12.3 Å². The standard InChI is InChI=1S/C8H6N2O2/c1-3-7-6(2)4-5-9-8(7)10(11)12/h1,4-5H,2H3. The molecule has 1 heterocycles. The van der Waals surface area contributed by atoms with Gasteiger partial charge in [-0.25, -0.2) is 0 Å². The minimum Gasteiger partial charge on any atom is -0.358 e. The molecule has 60 valence electrons. The smallest absolute Gasteiger partial charge is 0.358 e. The van der Waals surface area contributed by atoms with Crippen LogP contribution >= 0.6 is 0 Å². The van der Waals surface area contributed by atoms with Crippen LogP contribution in [-0.4, -0.2) is 9.91 Å². The van der Waals surface area contributed by atoms with Crippen LogP contribution in [0.5, 0.6) is 0 Å². The maximum absolute atomic E-state index is 10.4. The Morgan fingerprint density at radius 2 is 2.42 bits per heavy atom. The van der Waals surface area contributed by atoms with Gasteiger partial charge in [-0.2, -0.15) is 0 Å². The molecule has 0 radical (unpaired) electrons. The highest BCUT2D eigenvalue weighted by Crippen LogP contribution is 2.16. The molecule has 0 unspecified atom stereocenters. The third kappa shape index (κ3) is 1.25. The Labute approximate surface area is 69.4 Å². The van der Waals surface area contributed by atoms with E-state index in [4.69, 9.17) is 6.42 Å². The van der Waals surface area contributed by atoms with Gasteiger partial charge in [0.05, 0.1) is 0 Å². The molecule has 0 spiro atoms. The summed E-state index contributed by atoms with van der Waals surface area (Å²) in [4.78, 5) is 13.4. The van der Waals surface area contributed by atoms with E-state index in [1.54, 1.807) is 13.0 Å². The molecule has 0 fully saturated rings. The lowest BCUT2D eigenvalue weighted by Crippen LogP contribution is -1.97. The fourth-order valence-corrected chi connectivity index (χ4v) is 0.861. The molecule has 0 atom stereocenters. The Morgan fingerprint density at radius 3 is 2.83 bits per heavy atom. The normalized spacial score (nSPS) is 9.00. The highest BCUT2D eigenvalue weighted by atomic mass is 16.6. The van der Waals surface area contributed by atoms with Crippen LogP contribution in [0.3, 0.4) is 0 Å². The van der Waals surface area contributed by atoms with Gasteiger partial charge in [-0.05, 0) is 28.5 Å². The van der Waals surface area contributed by atoms with Crippen molar-refractivity contribution in [3.05, 3.63) is 33.5 Å². The summed E-state index contributed by atoms with van der Waals surface area (Å²) in [5, 5.41) is 10.4. The van der Waals surface area contributed by atoms with Gasteiger partial charge in [0, 0.05) is 0 Å². The molecule has 1 aromatic rings. The third-order valence-corrected chi connectivity index (χ3v) is 1.46. The average Bonchev–Trinajstić information content (AvgIpc) is 2.03. The van der Waals surface area contributed by atoms with Crippen molar-refractivity contribution < 1.29 is 4.92 Å². The molecule has 4 heteroatoms. The van der Waals surface area contributed by atoms with Gasteiger partial charge < -0.3 is 10.1 Å². The topological polar surface area (TPSA) is 56.0 Å². The highest BCUT2D eigenvalue weighted by molar-refractivity contribution is 5.49. The Kier molecular flexibility index (Phi) is 2.06. The molecule has 0 saturated heterocycles. The van der Waals surface area contributed by atoms with E-state index < -0.39 is 4.92 Å². The summed E-state index contributed by atoms with van der Waals surface area (Å²) < 4.78 is 0. The molecule has 1 rings (SSSR count). The van der Waals surface area contributed by atoms with Gasteiger partial charge in [0.2, 0.25) is 0 Å². The fourth-order valence-electron chi connectivity index (χ4n) is 0.861. The first-order valence-electron chi connectivity index (χ1n) is 3.23. The lowest BCUT2D eigenvalue weighted by molar-refractivity contribution is -0.389. The molecule has 0 aromatic carbocycles. The highest BCUT2D eigenvalue weighted by Gasteiger charge is 2.14. The van der Waals surface area contributed by atoms with Crippen LogP contribution in [0.1, 0.15) is 11.1 Å². The first kappa shape index (κ1) is 8.21. The lowest BCUT2D eigenvalue weighted by Gasteiger charge is -1.97. The van der Waals surface area contributed by atoms with Crippen molar-refractivity contribution in [1.29, 1.82) is 0 Å². The van der Waals surface area contributed by atoms with Crippen LogP contribution in [-0.2, 0) is 0 Å².